The van der Waals surface area contributed by atoms with Gasteiger partial charge in [0.25, 0.3) is 0 Å². The zero-order valence-electron chi connectivity index (χ0n) is 15.7. The molecule has 1 saturated heterocycles. The van der Waals surface area contributed by atoms with E-state index in [0.717, 1.165) is 12.1 Å². The molecule has 0 bridgehead atoms. The maximum Gasteiger partial charge on any atom is 0.241 e. The van der Waals surface area contributed by atoms with Gasteiger partial charge in [-0.15, -0.1) is 0 Å². The Labute approximate surface area is 166 Å². The van der Waals surface area contributed by atoms with Crippen LogP contribution in [0.1, 0.15) is 18.4 Å². The molecule has 8 heteroatoms. The maximum absolute atomic E-state index is 13.7. The molecule has 1 aliphatic heterocycles. The van der Waals surface area contributed by atoms with Crippen LogP contribution in [0.2, 0.25) is 0 Å². The summed E-state index contributed by atoms with van der Waals surface area (Å²) in [5.41, 5.74) is 0.529. The lowest BCUT2D eigenvalue weighted by Gasteiger charge is -2.32. The molecule has 0 aliphatic carbocycles. The van der Waals surface area contributed by atoms with E-state index in [-0.39, 0.29) is 36.6 Å². The van der Waals surface area contributed by atoms with Crippen molar-refractivity contribution in [2.75, 3.05) is 19.6 Å². The van der Waals surface area contributed by atoms with E-state index in [4.69, 9.17) is 4.74 Å². The highest BCUT2D eigenvalue weighted by Crippen LogP contribution is 2.22. The quantitative estimate of drug-likeness (QED) is 0.803. The van der Waals surface area contributed by atoms with Gasteiger partial charge in [-0.05, 0) is 29.8 Å². The van der Waals surface area contributed by atoms with Crippen LogP contribution < -0.4 is 10.1 Å². The number of ether oxygens (including phenoxy) is 1. The Morgan fingerprint density at radius 2 is 1.76 bits per heavy atom. The predicted molar refractivity (Wildman–Crippen MR) is 99.7 cm³/mol. The van der Waals surface area contributed by atoms with Gasteiger partial charge in [0.05, 0.1) is 13.0 Å². The lowest BCUT2D eigenvalue weighted by atomic mass is 10.1. The molecule has 0 atom stereocenters. The number of nitrogens with zero attached hydrogens (tertiary/aromatic N) is 1. The molecule has 0 unspecified atom stereocenters. The summed E-state index contributed by atoms with van der Waals surface area (Å²) in [6, 6.07) is 8.87. The van der Waals surface area contributed by atoms with E-state index in [1.807, 2.05) is 0 Å². The molecule has 29 heavy (non-hydrogen) atoms. The summed E-state index contributed by atoms with van der Waals surface area (Å²) in [7, 11) is 0. The summed E-state index contributed by atoms with van der Waals surface area (Å²) in [6.45, 7) is 0.671. The number of rotatable bonds is 6. The average Bonchev–Trinajstić information content (AvgIpc) is 2.69. The average molecular weight is 406 g/mol. The van der Waals surface area contributed by atoms with Crippen molar-refractivity contribution < 1.29 is 27.5 Å². The number of hydrogen-bond donors (Lipinski definition) is 1. The van der Waals surface area contributed by atoms with Gasteiger partial charge in [-0.25, -0.2) is 13.2 Å². The normalized spacial score (nSPS) is 14.5. The summed E-state index contributed by atoms with van der Waals surface area (Å²) in [6.07, 6.45) is 0.714. The molecule has 2 aromatic carbocycles. The van der Waals surface area contributed by atoms with Crippen molar-refractivity contribution in [3.05, 3.63) is 65.5 Å². The molecule has 1 N–H and O–H groups in total. The number of amides is 2. The molecule has 0 aromatic heterocycles. The van der Waals surface area contributed by atoms with Crippen molar-refractivity contribution >= 4 is 11.8 Å². The first-order chi connectivity index (χ1) is 13.9. The van der Waals surface area contributed by atoms with Crippen LogP contribution in [0.4, 0.5) is 13.2 Å². The Morgan fingerprint density at radius 1 is 1.03 bits per heavy atom. The second-order valence-electron chi connectivity index (χ2n) is 6.86. The summed E-state index contributed by atoms with van der Waals surface area (Å²) in [5.74, 6) is -2.46. The van der Waals surface area contributed by atoms with E-state index in [9.17, 15) is 22.8 Å². The highest BCUT2D eigenvalue weighted by Gasteiger charge is 2.24. The fourth-order valence-electron chi connectivity index (χ4n) is 3.15. The van der Waals surface area contributed by atoms with E-state index < -0.39 is 17.5 Å². The van der Waals surface area contributed by atoms with Gasteiger partial charge in [0.2, 0.25) is 11.8 Å². The zero-order valence-corrected chi connectivity index (χ0v) is 15.7. The van der Waals surface area contributed by atoms with Crippen molar-refractivity contribution in [2.45, 2.75) is 25.4 Å². The van der Waals surface area contributed by atoms with Crippen LogP contribution in [0.25, 0.3) is 0 Å². The van der Waals surface area contributed by atoms with Crippen LogP contribution in [0.5, 0.6) is 5.75 Å². The first kappa shape index (κ1) is 20.7. The lowest BCUT2D eigenvalue weighted by Crippen LogP contribution is -2.46. The number of hydrogen-bond acceptors (Lipinski definition) is 3. The van der Waals surface area contributed by atoms with Crippen molar-refractivity contribution in [1.29, 1.82) is 0 Å². The Morgan fingerprint density at radius 3 is 2.45 bits per heavy atom. The van der Waals surface area contributed by atoms with Gasteiger partial charge >= 0.3 is 0 Å². The van der Waals surface area contributed by atoms with Crippen LogP contribution in [0.15, 0.2) is 42.5 Å². The topological polar surface area (TPSA) is 58.6 Å². The lowest BCUT2D eigenvalue weighted by molar-refractivity contribution is -0.134. The van der Waals surface area contributed by atoms with Gasteiger partial charge in [-0.2, -0.15) is 0 Å². The number of benzene rings is 2. The van der Waals surface area contributed by atoms with Crippen LogP contribution in [0.3, 0.4) is 0 Å². The summed E-state index contributed by atoms with van der Waals surface area (Å²) >= 11 is 0. The van der Waals surface area contributed by atoms with E-state index in [0.29, 0.717) is 31.5 Å². The van der Waals surface area contributed by atoms with Crippen molar-refractivity contribution in [3.8, 4) is 5.75 Å². The molecule has 3 rings (SSSR count). The standard InChI is InChI=1S/C21H21F3N2O3/c22-15-3-1-2-14(10-15)11-20(27)25-13-21(28)26-8-6-17(7-9-26)29-19-5-4-16(23)12-18(19)24/h1-5,10,12,17H,6-9,11,13H2,(H,25,27). The summed E-state index contributed by atoms with van der Waals surface area (Å²) in [5, 5.41) is 2.54. The molecule has 2 amide bonds. The van der Waals surface area contributed by atoms with E-state index >= 15 is 0 Å². The first-order valence-corrected chi connectivity index (χ1v) is 9.31. The van der Waals surface area contributed by atoms with Crippen molar-refractivity contribution in [1.82, 2.24) is 10.2 Å². The fraction of sp³-hybridized carbons (Fsp3) is 0.333. The number of likely N-dealkylation sites (tertiary alicyclic amines) is 1. The van der Waals surface area contributed by atoms with Crippen LogP contribution in [0, 0.1) is 17.5 Å². The van der Waals surface area contributed by atoms with E-state index in [1.54, 1.807) is 11.0 Å². The van der Waals surface area contributed by atoms with Gasteiger partial charge in [0.1, 0.15) is 17.7 Å². The fourth-order valence-corrected chi connectivity index (χ4v) is 3.15. The van der Waals surface area contributed by atoms with Gasteiger partial charge < -0.3 is 15.0 Å². The van der Waals surface area contributed by atoms with Crippen molar-refractivity contribution in [2.24, 2.45) is 0 Å². The van der Waals surface area contributed by atoms with Crippen molar-refractivity contribution in [3.63, 3.8) is 0 Å². The Hall–Kier alpha value is -3.03. The molecule has 0 radical (unpaired) electrons. The summed E-state index contributed by atoms with van der Waals surface area (Å²) < 4.78 is 45.3. The van der Waals surface area contributed by atoms with Gasteiger partial charge in [-0.3, -0.25) is 9.59 Å². The molecule has 1 fully saturated rings. The minimum Gasteiger partial charge on any atom is -0.487 e. The van der Waals surface area contributed by atoms with Gasteiger partial charge in [-0.1, -0.05) is 12.1 Å². The van der Waals surface area contributed by atoms with E-state index in [2.05, 4.69) is 5.32 Å². The second-order valence-corrected chi connectivity index (χ2v) is 6.86. The molecule has 1 heterocycles. The highest BCUT2D eigenvalue weighted by atomic mass is 19.1. The Balaban J connectivity index is 1.41. The monoisotopic (exact) mass is 406 g/mol. The number of nitrogens with one attached hydrogen (secondary N) is 1. The first-order valence-electron chi connectivity index (χ1n) is 9.31. The number of halogens is 3. The zero-order chi connectivity index (χ0) is 20.8. The number of carbonyl (C=O) groups excluding carboxylic acids is 2. The number of piperidine rings is 1. The predicted octanol–water partition coefficient (Wildman–Crippen LogP) is 2.83. The van der Waals surface area contributed by atoms with Gasteiger partial charge in [0, 0.05) is 32.0 Å². The summed E-state index contributed by atoms with van der Waals surface area (Å²) in [4.78, 5) is 25.8. The largest absolute Gasteiger partial charge is 0.487 e. The third-order valence-electron chi connectivity index (χ3n) is 4.67. The smallest absolute Gasteiger partial charge is 0.241 e. The molecule has 2 aromatic rings. The third-order valence-corrected chi connectivity index (χ3v) is 4.67. The minimum atomic E-state index is -0.760. The number of carbonyl (C=O) groups is 2. The van der Waals surface area contributed by atoms with Crippen LogP contribution >= 0.6 is 0 Å². The van der Waals surface area contributed by atoms with Crippen LogP contribution in [-0.2, 0) is 16.0 Å². The molecule has 154 valence electrons. The second kappa shape index (κ2) is 9.45. The van der Waals surface area contributed by atoms with Crippen LogP contribution in [-0.4, -0.2) is 42.5 Å². The minimum absolute atomic E-state index is 0.00973. The molecule has 5 nitrogen and oxygen atoms in total. The molecule has 0 saturated carbocycles. The Bertz CT molecular complexity index is 883. The molecule has 1 aliphatic rings. The maximum atomic E-state index is 13.7. The SMILES string of the molecule is O=C(Cc1cccc(F)c1)NCC(=O)N1CCC(Oc2ccc(F)cc2F)CC1. The van der Waals surface area contributed by atoms with Gasteiger partial charge in [0.15, 0.2) is 11.6 Å². The molecular weight excluding hydrogens is 385 g/mol. The molecular formula is C21H21F3N2O3. The third kappa shape index (κ3) is 5.97. The highest BCUT2D eigenvalue weighted by molar-refractivity contribution is 5.85. The Kier molecular flexibility index (Phi) is 6.74. The molecule has 0 spiro atoms. The van der Waals surface area contributed by atoms with E-state index in [1.165, 1.54) is 24.3 Å².